The van der Waals surface area contributed by atoms with Crippen molar-refractivity contribution in [2.24, 2.45) is 0 Å². The van der Waals surface area contributed by atoms with Crippen LogP contribution in [-0.2, 0) is 0 Å². The quantitative estimate of drug-likeness (QED) is 0.687. The molecule has 0 aliphatic carbocycles. The summed E-state index contributed by atoms with van der Waals surface area (Å²) in [6, 6.07) is 1.78. The second kappa shape index (κ2) is 3.46. The van der Waals surface area contributed by atoms with Gasteiger partial charge >= 0.3 is 0 Å². The normalized spacial score (nSPS) is 16.5. The molecular weight excluding hydrogens is 186 g/mol. The van der Waals surface area contributed by atoms with Gasteiger partial charge in [0.2, 0.25) is 0 Å². The third kappa shape index (κ3) is 1.72. The van der Waals surface area contributed by atoms with Crippen LogP contribution in [0.15, 0.2) is 16.7 Å². The Labute approximate surface area is 81.1 Å². The van der Waals surface area contributed by atoms with Crippen LogP contribution in [0, 0.1) is 6.92 Å². The van der Waals surface area contributed by atoms with Crippen LogP contribution >= 0.6 is 11.8 Å². The van der Waals surface area contributed by atoms with Gasteiger partial charge < -0.3 is 9.32 Å². The van der Waals surface area contributed by atoms with Crippen LogP contribution in [0.3, 0.4) is 0 Å². The summed E-state index contributed by atoms with van der Waals surface area (Å²) in [7, 11) is 0. The van der Waals surface area contributed by atoms with E-state index in [0.29, 0.717) is 5.56 Å². The highest BCUT2D eigenvalue weighted by molar-refractivity contribution is 7.99. The Morgan fingerprint density at radius 2 is 2.54 bits per heavy atom. The number of furan rings is 1. The first kappa shape index (κ1) is 8.69. The van der Waals surface area contributed by atoms with Gasteiger partial charge in [0.1, 0.15) is 12.0 Å². The fourth-order valence-corrected chi connectivity index (χ4v) is 2.26. The van der Waals surface area contributed by atoms with Crippen LogP contribution in [0.4, 0.5) is 0 Å². The van der Waals surface area contributed by atoms with E-state index in [1.807, 2.05) is 11.8 Å². The third-order valence-electron chi connectivity index (χ3n) is 2.02. The van der Waals surface area contributed by atoms with Gasteiger partial charge in [0.25, 0.3) is 5.91 Å². The Morgan fingerprint density at radius 3 is 3.08 bits per heavy atom. The summed E-state index contributed by atoms with van der Waals surface area (Å²) in [5, 5.41) is 0. The van der Waals surface area contributed by atoms with E-state index in [1.165, 1.54) is 6.26 Å². The average molecular weight is 197 g/mol. The number of carbonyl (C=O) groups is 1. The van der Waals surface area contributed by atoms with Crippen molar-refractivity contribution in [3.63, 3.8) is 0 Å². The van der Waals surface area contributed by atoms with Gasteiger partial charge in [-0.15, -0.1) is 11.8 Å². The first-order valence-electron chi connectivity index (χ1n) is 4.19. The molecule has 1 aliphatic rings. The van der Waals surface area contributed by atoms with E-state index in [-0.39, 0.29) is 5.91 Å². The minimum absolute atomic E-state index is 0.0850. The zero-order chi connectivity index (χ0) is 9.26. The van der Waals surface area contributed by atoms with Gasteiger partial charge in [-0.05, 0) is 13.0 Å². The molecule has 1 aromatic rings. The van der Waals surface area contributed by atoms with Crippen molar-refractivity contribution < 1.29 is 9.21 Å². The maximum absolute atomic E-state index is 11.7. The molecule has 0 aromatic carbocycles. The molecule has 2 heterocycles. The summed E-state index contributed by atoms with van der Waals surface area (Å²) in [5.41, 5.74) is 0.667. The van der Waals surface area contributed by atoms with Crippen molar-refractivity contribution >= 4 is 17.7 Å². The summed E-state index contributed by atoms with van der Waals surface area (Å²) in [6.45, 7) is 2.70. The number of carbonyl (C=O) groups excluding carboxylic acids is 1. The largest absolute Gasteiger partial charge is 0.469 e. The Hall–Kier alpha value is -0.900. The van der Waals surface area contributed by atoms with Crippen molar-refractivity contribution in [2.75, 3.05) is 18.2 Å². The second-order valence-electron chi connectivity index (χ2n) is 3.05. The first-order valence-corrected chi connectivity index (χ1v) is 5.35. The molecule has 1 aliphatic heterocycles. The van der Waals surface area contributed by atoms with Gasteiger partial charge in [-0.2, -0.15) is 0 Å². The van der Waals surface area contributed by atoms with Gasteiger partial charge in [0.05, 0.1) is 11.4 Å². The molecule has 1 aromatic heterocycles. The molecule has 1 fully saturated rings. The Balaban J connectivity index is 2.12. The standard InChI is InChI=1S/C9H11NO2S/c1-7-4-8(5-12-7)9(11)10-2-3-13-6-10/h4-5H,2-3,6H2,1H3. The Kier molecular flexibility index (Phi) is 2.31. The molecule has 3 nitrogen and oxygen atoms in total. The molecule has 0 spiro atoms. The van der Waals surface area contributed by atoms with Crippen molar-refractivity contribution in [3.05, 3.63) is 23.7 Å². The van der Waals surface area contributed by atoms with Crippen LogP contribution in [0.5, 0.6) is 0 Å². The van der Waals surface area contributed by atoms with Crippen LogP contribution in [-0.4, -0.2) is 29.0 Å². The van der Waals surface area contributed by atoms with E-state index in [9.17, 15) is 4.79 Å². The zero-order valence-corrected chi connectivity index (χ0v) is 8.26. The molecule has 0 N–H and O–H groups in total. The lowest BCUT2D eigenvalue weighted by molar-refractivity contribution is 0.0802. The number of hydrogen-bond acceptors (Lipinski definition) is 3. The SMILES string of the molecule is Cc1cc(C(=O)N2CCSC2)co1. The topological polar surface area (TPSA) is 33.5 Å². The Bertz CT molecular complexity index is 315. The molecule has 1 saturated heterocycles. The number of nitrogens with zero attached hydrogens (tertiary/aromatic N) is 1. The fraction of sp³-hybridized carbons (Fsp3) is 0.444. The highest BCUT2D eigenvalue weighted by Gasteiger charge is 2.20. The predicted octanol–water partition coefficient (Wildman–Crippen LogP) is 1.73. The van der Waals surface area contributed by atoms with Crippen LogP contribution in [0.2, 0.25) is 0 Å². The van der Waals surface area contributed by atoms with Gasteiger partial charge in [0.15, 0.2) is 0 Å². The summed E-state index contributed by atoms with van der Waals surface area (Å²) in [6.07, 6.45) is 1.53. The molecule has 0 atom stereocenters. The first-order chi connectivity index (χ1) is 6.27. The maximum Gasteiger partial charge on any atom is 0.257 e. The molecule has 2 rings (SSSR count). The molecule has 0 unspecified atom stereocenters. The molecule has 0 bridgehead atoms. The number of aryl methyl sites for hydroxylation is 1. The number of rotatable bonds is 1. The fourth-order valence-electron chi connectivity index (χ4n) is 1.31. The molecule has 0 saturated carbocycles. The van der Waals surface area contributed by atoms with Crippen molar-refractivity contribution in [3.8, 4) is 0 Å². The number of amides is 1. The third-order valence-corrected chi connectivity index (χ3v) is 2.98. The molecule has 1 amide bonds. The minimum Gasteiger partial charge on any atom is -0.469 e. The highest BCUT2D eigenvalue weighted by Crippen LogP contribution is 2.17. The summed E-state index contributed by atoms with van der Waals surface area (Å²) < 4.78 is 5.09. The molecule has 70 valence electrons. The van der Waals surface area contributed by atoms with E-state index in [2.05, 4.69) is 0 Å². The van der Waals surface area contributed by atoms with Gasteiger partial charge in [-0.3, -0.25) is 4.79 Å². The monoisotopic (exact) mass is 197 g/mol. The number of hydrogen-bond donors (Lipinski definition) is 0. The molecule has 13 heavy (non-hydrogen) atoms. The lowest BCUT2D eigenvalue weighted by atomic mass is 10.3. The smallest absolute Gasteiger partial charge is 0.257 e. The molecule has 0 radical (unpaired) electrons. The lowest BCUT2D eigenvalue weighted by Crippen LogP contribution is -2.27. The second-order valence-corrected chi connectivity index (χ2v) is 4.13. The number of thioether (sulfide) groups is 1. The molecule has 4 heteroatoms. The van der Waals surface area contributed by atoms with Crippen LogP contribution in [0.1, 0.15) is 16.1 Å². The lowest BCUT2D eigenvalue weighted by Gasteiger charge is -2.11. The minimum atomic E-state index is 0.0850. The predicted molar refractivity (Wildman–Crippen MR) is 51.8 cm³/mol. The summed E-state index contributed by atoms with van der Waals surface area (Å²) in [4.78, 5) is 13.6. The van der Waals surface area contributed by atoms with Crippen molar-refractivity contribution in [2.45, 2.75) is 6.92 Å². The summed E-state index contributed by atoms with van der Waals surface area (Å²) >= 11 is 1.79. The van der Waals surface area contributed by atoms with E-state index in [4.69, 9.17) is 4.42 Å². The van der Waals surface area contributed by atoms with E-state index >= 15 is 0 Å². The summed E-state index contributed by atoms with van der Waals surface area (Å²) in [5.74, 6) is 2.73. The van der Waals surface area contributed by atoms with E-state index < -0.39 is 0 Å². The van der Waals surface area contributed by atoms with Crippen LogP contribution in [0.25, 0.3) is 0 Å². The van der Waals surface area contributed by atoms with Gasteiger partial charge in [0, 0.05) is 12.3 Å². The van der Waals surface area contributed by atoms with Gasteiger partial charge in [-0.25, -0.2) is 0 Å². The van der Waals surface area contributed by atoms with E-state index in [0.717, 1.165) is 23.9 Å². The van der Waals surface area contributed by atoms with E-state index in [1.54, 1.807) is 17.8 Å². The average Bonchev–Trinajstić information content (AvgIpc) is 2.72. The molecular formula is C9H11NO2S. The Morgan fingerprint density at radius 1 is 1.69 bits per heavy atom. The van der Waals surface area contributed by atoms with Crippen molar-refractivity contribution in [1.29, 1.82) is 0 Å². The maximum atomic E-state index is 11.7. The van der Waals surface area contributed by atoms with Gasteiger partial charge in [-0.1, -0.05) is 0 Å². The van der Waals surface area contributed by atoms with Crippen LogP contribution < -0.4 is 0 Å². The van der Waals surface area contributed by atoms with Crippen molar-refractivity contribution in [1.82, 2.24) is 4.90 Å². The highest BCUT2D eigenvalue weighted by atomic mass is 32.2. The zero-order valence-electron chi connectivity index (χ0n) is 7.45.